The van der Waals surface area contributed by atoms with Crippen molar-refractivity contribution in [3.05, 3.63) is 30.1 Å². The van der Waals surface area contributed by atoms with E-state index in [0.717, 1.165) is 36.7 Å². The summed E-state index contributed by atoms with van der Waals surface area (Å²) in [5, 5.41) is 0. The summed E-state index contributed by atoms with van der Waals surface area (Å²) in [6.45, 7) is 10.7. The van der Waals surface area contributed by atoms with Crippen molar-refractivity contribution in [3.8, 4) is 5.88 Å². The van der Waals surface area contributed by atoms with E-state index in [9.17, 15) is 0 Å². The predicted molar refractivity (Wildman–Crippen MR) is 82.6 cm³/mol. The summed E-state index contributed by atoms with van der Waals surface area (Å²) in [5.74, 6) is 1.58. The van der Waals surface area contributed by atoms with E-state index in [1.807, 2.05) is 25.3 Å². The van der Waals surface area contributed by atoms with Gasteiger partial charge in [0, 0.05) is 20.8 Å². The minimum absolute atomic E-state index is 0.733. The molecule has 4 nitrogen and oxygen atoms in total. The number of imidazole rings is 1. The van der Waals surface area contributed by atoms with Gasteiger partial charge in [0.2, 0.25) is 11.8 Å². The largest absolute Gasteiger partial charge is 0.477 e. The van der Waals surface area contributed by atoms with Crippen LogP contribution in [0.1, 0.15) is 5.69 Å². The van der Waals surface area contributed by atoms with Gasteiger partial charge in [-0.3, -0.25) is 0 Å². The quantitative estimate of drug-likeness (QED) is 0.839. The van der Waals surface area contributed by atoms with Crippen LogP contribution in [-0.4, -0.2) is 31.2 Å². The molecule has 0 atom stereocenters. The molecular formula is C14H23N3OSi. The number of nitrogens with one attached hydrogen (secondary N) is 1. The first kappa shape index (κ1) is 13.9. The van der Waals surface area contributed by atoms with E-state index in [1.165, 1.54) is 0 Å². The van der Waals surface area contributed by atoms with Gasteiger partial charge >= 0.3 is 0 Å². The van der Waals surface area contributed by atoms with Crippen LogP contribution in [-0.2, 0) is 0 Å². The van der Waals surface area contributed by atoms with Crippen LogP contribution in [0, 0.1) is 6.92 Å². The van der Waals surface area contributed by atoms with Crippen molar-refractivity contribution in [2.24, 2.45) is 0 Å². The van der Waals surface area contributed by atoms with E-state index in [4.69, 9.17) is 4.74 Å². The van der Waals surface area contributed by atoms with Crippen LogP contribution in [0.4, 0.5) is 5.95 Å². The van der Waals surface area contributed by atoms with Crippen LogP contribution in [0.25, 0.3) is 0 Å². The Morgan fingerprint density at radius 3 is 2.79 bits per heavy atom. The second-order valence-corrected chi connectivity index (χ2v) is 11.7. The molecule has 0 saturated heterocycles. The first-order valence-electron chi connectivity index (χ1n) is 6.75. The Balaban J connectivity index is 1.97. The van der Waals surface area contributed by atoms with Gasteiger partial charge in [0.25, 0.3) is 0 Å². The molecule has 0 saturated carbocycles. The van der Waals surface area contributed by atoms with Gasteiger partial charge in [0.15, 0.2) is 0 Å². The molecule has 104 valence electrons. The third-order valence-corrected chi connectivity index (χ3v) is 4.71. The summed E-state index contributed by atoms with van der Waals surface area (Å²) in [4.78, 5) is 9.88. The topological polar surface area (TPSA) is 41.2 Å². The summed E-state index contributed by atoms with van der Waals surface area (Å²) in [6, 6.07) is 1.15. The Morgan fingerprint density at radius 1 is 1.37 bits per heavy atom. The Kier molecular flexibility index (Phi) is 4.14. The summed E-state index contributed by atoms with van der Waals surface area (Å²) >= 11 is 0. The molecule has 1 aromatic rings. The van der Waals surface area contributed by atoms with E-state index in [-0.39, 0.29) is 0 Å². The average molecular weight is 277 g/mol. The number of hydrogen-bond donors (Lipinski definition) is 1. The normalized spacial score (nSPS) is 15.1. The maximum absolute atomic E-state index is 5.81. The Bertz CT molecular complexity index is 485. The van der Waals surface area contributed by atoms with Crippen LogP contribution < -0.4 is 9.64 Å². The van der Waals surface area contributed by atoms with Gasteiger partial charge in [-0.05, 0) is 19.0 Å². The molecule has 0 amide bonds. The van der Waals surface area contributed by atoms with Crippen molar-refractivity contribution < 1.29 is 4.74 Å². The number of aromatic nitrogens is 2. The first-order chi connectivity index (χ1) is 8.96. The molecule has 2 heterocycles. The number of rotatable bonds is 5. The third kappa shape index (κ3) is 3.99. The Labute approximate surface area is 116 Å². The molecule has 5 heteroatoms. The molecule has 0 aliphatic carbocycles. The van der Waals surface area contributed by atoms with Crippen LogP contribution >= 0.6 is 0 Å². The van der Waals surface area contributed by atoms with Crippen molar-refractivity contribution >= 4 is 14.0 Å². The highest BCUT2D eigenvalue weighted by Crippen LogP contribution is 2.21. The molecular weight excluding hydrogens is 254 g/mol. The monoisotopic (exact) mass is 277 g/mol. The molecule has 0 bridgehead atoms. The van der Waals surface area contributed by atoms with E-state index in [2.05, 4.69) is 40.6 Å². The number of ether oxygens (including phenoxy) is 1. The number of hydrogen-bond acceptors (Lipinski definition) is 3. The van der Waals surface area contributed by atoms with Gasteiger partial charge in [0.1, 0.15) is 0 Å². The smallest absolute Gasteiger partial charge is 0.236 e. The summed E-state index contributed by atoms with van der Waals surface area (Å²) < 4.78 is 5.81. The maximum atomic E-state index is 5.81. The number of allylic oxidation sites excluding steroid dienone is 2. The van der Waals surface area contributed by atoms with E-state index < -0.39 is 8.07 Å². The second kappa shape index (κ2) is 5.65. The average Bonchev–Trinajstić information content (AvgIpc) is 2.71. The predicted octanol–water partition coefficient (Wildman–Crippen LogP) is 3.33. The Hall–Kier alpha value is -1.49. The van der Waals surface area contributed by atoms with Gasteiger partial charge in [-0.25, -0.2) is 0 Å². The Morgan fingerprint density at radius 2 is 2.16 bits per heavy atom. The van der Waals surface area contributed by atoms with Crippen LogP contribution in [0.2, 0.25) is 25.7 Å². The van der Waals surface area contributed by atoms with E-state index in [1.54, 1.807) is 0 Å². The molecule has 19 heavy (non-hydrogen) atoms. The van der Waals surface area contributed by atoms with Gasteiger partial charge in [-0.2, -0.15) is 4.98 Å². The van der Waals surface area contributed by atoms with E-state index >= 15 is 0 Å². The van der Waals surface area contributed by atoms with E-state index in [0.29, 0.717) is 0 Å². The fraction of sp³-hybridized carbons (Fsp3) is 0.500. The molecule has 0 spiro atoms. The highest BCUT2D eigenvalue weighted by Gasteiger charge is 2.15. The lowest BCUT2D eigenvalue weighted by atomic mass is 10.4. The molecule has 0 unspecified atom stereocenters. The molecule has 0 fully saturated rings. The van der Waals surface area contributed by atoms with Crippen LogP contribution in [0.5, 0.6) is 5.88 Å². The third-order valence-electron chi connectivity index (χ3n) is 3.01. The zero-order valence-corrected chi connectivity index (χ0v) is 13.2. The minimum Gasteiger partial charge on any atom is -0.477 e. The second-order valence-electron chi connectivity index (χ2n) is 6.07. The highest BCUT2D eigenvalue weighted by molar-refractivity contribution is 6.76. The molecule has 0 radical (unpaired) electrons. The van der Waals surface area contributed by atoms with Gasteiger partial charge in [0.05, 0.1) is 12.3 Å². The summed E-state index contributed by atoms with van der Waals surface area (Å²) in [5.41, 5.74) is 0.994. The minimum atomic E-state index is -1.05. The first-order valence-corrected chi connectivity index (χ1v) is 10.5. The molecule has 1 N–H and O–H groups in total. The van der Waals surface area contributed by atoms with Gasteiger partial charge < -0.3 is 14.6 Å². The maximum Gasteiger partial charge on any atom is 0.236 e. The standard InChI is InChI=1S/C14H23N3OSi/c1-12-13(18-10-11-19(2,3)4)16-14(15-12)17-8-6-5-7-9-17/h5-8H,9-11H2,1-4H3,(H,15,16). The van der Waals surface area contributed by atoms with Crippen LogP contribution in [0.3, 0.4) is 0 Å². The lowest BCUT2D eigenvalue weighted by Crippen LogP contribution is -2.22. The fourth-order valence-electron chi connectivity index (χ4n) is 1.78. The van der Waals surface area contributed by atoms with Crippen molar-refractivity contribution in [1.82, 2.24) is 9.97 Å². The molecule has 1 aliphatic rings. The van der Waals surface area contributed by atoms with Crippen LogP contribution in [0.15, 0.2) is 24.4 Å². The van der Waals surface area contributed by atoms with Crippen molar-refractivity contribution in [1.29, 1.82) is 0 Å². The zero-order valence-electron chi connectivity index (χ0n) is 12.2. The zero-order chi connectivity index (χ0) is 13.9. The fourth-order valence-corrected chi connectivity index (χ4v) is 2.50. The molecule has 2 rings (SSSR count). The number of H-pyrrole nitrogens is 1. The summed E-state index contributed by atoms with van der Waals surface area (Å²) in [7, 11) is -1.05. The SMILES string of the molecule is Cc1[nH]c(N2C=CC=CC2)nc1OCC[Si](C)(C)C. The molecule has 1 aromatic heterocycles. The van der Waals surface area contributed by atoms with Gasteiger partial charge in [-0.1, -0.05) is 31.8 Å². The van der Waals surface area contributed by atoms with Crippen molar-refractivity contribution in [2.75, 3.05) is 18.1 Å². The number of anilines is 1. The number of aromatic amines is 1. The molecule has 1 aliphatic heterocycles. The number of aryl methyl sites for hydroxylation is 1. The number of nitrogens with zero attached hydrogens (tertiary/aromatic N) is 2. The van der Waals surface area contributed by atoms with Gasteiger partial charge in [-0.15, -0.1) is 0 Å². The lowest BCUT2D eigenvalue weighted by molar-refractivity contribution is 0.324. The summed E-state index contributed by atoms with van der Waals surface area (Å²) in [6.07, 6.45) is 8.17. The molecule has 0 aromatic carbocycles. The highest BCUT2D eigenvalue weighted by atomic mass is 28.3. The lowest BCUT2D eigenvalue weighted by Gasteiger charge is -2.16. The van der Waals surface area contributed by atoms with Crippen molar-refractivity contribution in [3.63, 3.8) is 0 Å². The van der Waals surface area contributed by atoms with Crippen molar-refractivity contribution in [2.45, 2.75) is 32.6 Å².